The molecule has 2 aromatic heterocycles. The number of fused-ring (bicyclic) bond motifs is 3. The number of hydrogen-bond acceptors (Lipinski definition) is 4. The van der Waals surface area contributed by atoms with Crippen LogP contribution in [0.15, 0.2) is 237 Å². The summed E-state index contributed by atoms with van der Waals surface area (Å²) in [4.78, 5) is 14.9. The summed E-state index contributed by atoms with van der Waals surface area (Å²) in [6.45, 7) is 4.22. The molecule has 0 spiro atoms. The maximum atomic E-state index is 5.18. The van der Waals surface area contributed by atoms with Gasteiger partial charge in [0.05, 0.1) is 22.4 Å². The predicted molar refractivity (Wildman–Crippen MR) is 272 cm³/mol. The monoisotopic (exact) mass is 835 g/mol. The minimum absolute atomic E-state index is 0.709. The molecule has 0 bridgehead atoms. The summed E-state index contributed by atoms with van der Waals surface area (Å²) < 4.78 is 2.39. The SMILES string of the molecule is Cc1cccc(-c2cc(-c3ccc(-n4c5ccc(N(c6ccccc6)c6ccccc6)cc5c5cc(N(c6ccccc6)c6ccccc6)ccc54)cc3)nc(-c3cccc(C)c3)n2)c1. The molecule has 310 valence electrons. The Bertz CT molecular complexity index is 3150. The van der Waals surface area contributed by atoms with E-state index in [4.69, 9.17) is 9.97 Å². The Kier molecular flexibility index (Phi) is 10.3. The highest BCUT2D eigenvalue weighted by Gasteiger charge is 2.20. The molecule has 65 heavy (non-hydrogen) atoms. The van der Waals surface area contributed by atoms with E-state index in [1.54, 1.807) is 0 Å². The van der Waals surface area contributed by atoms with Gasteiger partial charge in [0, 0.05) is 67.3 Å². The average Bonchev–Trinajstić information content (AvgIpc) is 3.68. The fourth-order valence-electron chi connectivity index (χ4n) is 9.00. The predicted octanol–water partition coefficient (Wildman–Crippen LogP) is 16.1. The van der Waals surface area contributed by atoms with E-state index >= 15 is 0 Å². The van der Waals surface area contributed by atoms with Crippen LogP contribution in [0, 0.1) is 13.8 Å². The van der Waals surface area contributed by atoms with Crippen molar-refractivity contribution in [3.05, 3.63) is 248 Å². The third-order valence-electron chi connectivity index (χ3n) is 12.0. The molecular weight excluding hydrogens is 791 g/mol. The Hall–Kier alpha value is -8.54. The van der Waals surface area contributed by atoms with Crippen molar-refractivity contribution >= 4 is 55.9 Å². The summed E-state index contributed by atoms with van der Waals surface area (Å²) in [5.41, 5.74) is 17.1. The van der Waals surface area contributed by atoms with Gasteiger partial charge in [-0.25, -0.2) is 9.97 Å². The van der Waals surface area contributed by atoms with Crippen molar-refractivity contribution in [3.63, 3.8) is 0 Å². The normalized spacial score (nSPS) is 11.2. The van der Waals surface area contributed by atoms with E-state index in [9.17, 15) is 0 Å². The molecule has 0 aliphatic rings. The van der Waals surface area contributed by atoms with Gasteiger partial charge in [-0.05, 0) is 129 Å². The van der Waals surface area contributed by atoms with E-state index in [1.807, 2.05) is 0 Å². The van der Waals surface area contributed by atoms with Crippen LogP contribution in [0.1, 0.15) is 11.1 Å². The number of nitrogens with zero attached hydrogens (tertiary/aromatic N) is 5. The zero-order valence-electron chi connectivity index (χ0n) is 36.3. The van der Waals surface area contributed by atoms with Crippen LogP contribution in [-0.2, 0) is 0 Å². The lowest BCUT2D eigenvalue weighted by molar-refractivity contribution is 1.17. The summed E-state index contributed by atoms with van der Waals surface area (Å²) in [5.74, 6) is 0.709. The van der Waals surface area contributed by atoms with Gasteiger partial charge >= 0.3 is 0 Å². The van der Waals surface area contributed by atoms with E-state index in [1.165, 1.54) is 11.1 Å². The Labute approximate surface area is 379 Å². The second kappa shape index (κ2) is 17.0. The van der Waals surface area contributed by atoms with E-state index < -0.39 is 0 Å². The maximum Gasteiger partial charge on any atom is 0.160 e. The first-order valence-corrected chi connectivity index (χ1v) is 22.1. The number of para-hydroxylation sites is 4. The van der Waals surface area contributed by atoms with Gasteiger partial charge in [-0.2, -0.15) is 0 Å². The van der Waals surface area contributed by atoms with Crippen molar-refractivity contribution in [1.82, 2.24) is 14.5 Å². The smallest absolute Gasteiger partial charge is 0.160 e. The van der Waals surface area contributed by atoms with E-state index in [2.05, 4.69) is 265 Å². The molecule has 0 atom stereocenters. The second-order valence-corrected chi connectivity index (χ2v) is 16.5. The molecule has 0 saturated heterocycles. The zero-order valence-corrected chi connectivity index (χ0v) is 36.3. The Morgan fingerprint density at radius 1 is 0.323 bits per heavy atom. The van der Waals surface area contributed by atoms with Crippen LogP contribution in [0.25, 0.3) is 61.4 Å². The van der Waals surface area contributed by atoms with E-state index in [0.717, 1.165) is 89.7 Å². The molecule has 0 aliphatic heterocycles. The minimum Gasteiger partial charge on any atom is -0.310 e. The first-order valence-electron chi connectivity index (χ1n) is 22.1. The highest BCUT2D eigenvalue weighted by atomic mass is 15.1. The van der Waals surface area contributed by atoms with Gasteiger partial charge in [-0.3, -0.25) is 0 Å². The van der Waals surface area contributed by atoms with Gasteiger partial charge in [-0.15, -0.1) is 0 Å². The fraction of sp³-hybridized carbons (Fsp3) is 0.0333. The quantitative estimate of drug-likeness (QED) is 0.138. The van der Waals surface area contributed by atoms with Crippen molar-refractivity contribution in [3.8, 4) is 39.6 Å². The second-order valence-electron chi connectivity index (χ2n) is 16.5. The molecule has 0 amide bonds. The van der Waals surface area contributed by atoms with Crippen LogP contribution in [0.4, 0.5) is 34.1 Å². The molecule has 11 rings (SSSR count). The first kappa shape index (κ1) is 39.3. The lowest BCUT2D eigenvalue weighted by Crippen LogP contribution is -2.09. The number of hydrogen-bond donors (Lipinski definition) is 0. The largest absolute Gasteiger partial charge is 0.310 e. The fourth-order valence-corrected chi connectivity index (χ4v) is 9.00. The van der Waals surface area contributed by atoms with Gasteiger partial charge in [0.1, 0.15) is 0 Å². The highest BCUT2D eigenvalue weighted by Crippen LogP contribution is 2.43. The molecular formula is C60H45N5. The van der Waals surface area contributed by atoms with Crippen LogP contribution in [0.3, 0.4) is 0 Å². The van der Waals surface area contributed by atoms with E-state index in [-0.39, 0.29) is 0 Å². The number of anilines is 6. The molecule has 11 aromatic rings. The van der Waals surface area contributed by atoms with Gasteiger partial charge in [0.15, 0.2) is 5.82 Å². The summed E-state index contributed by atoms with van der Waals surface area (Å²) in [5, 5.41) is 2.31. The molecule has 2 heterocycles. The zero-order chi connectivity index (χ0) is 43.7. The highest BCUT2D eigenvalue weighted by molar-refractivity contribution is 6.12. The summed E-state index contributed by atoms with van der Waals surface area (Å²) in [7, 11) is 0. The Morgan fingerprint density at radius 2 is 0.738 bits per heavy atom. The molecule has 5 heteroatoms. The van der Waals surface area contributed by atoms with Gasteiger partial charge < -0.3 is 14.4 Å². The van der Waals surface area contributed by atoms with E-state index in [0.29, 0.717) is 5.82 Å². The van der Waals surface area contributed by atoms with Crippen LogP contribution in [-0.4, -0.2) is 14.5 Å². The standard InChI is InChI=1S/C60H45N5/c1-42-17-15-19-45(37-42)57-41-56(61-60(62-57)46-20-16-18-43(2)38-46)44-29-31-51(32-30-44)65-58-35-33-52(63(47-21-7-3-8-22-47)48-23-9-4-10-24-48)39-54(58)55-40-53(34-36-59(55)65)64(49-25-11-5-12-26-49)50-27-13-6-14-28-50/h3-41H,1-2H3. The lowest BCUT2D eigenvalue weighted by Gasteiger charge is -2.26. The molecule has 0 fully saturated rings. The Morgan fingerprint density at radius 3 is 1.18 bits per heavy atom. The lowest BCUT2D eigenvalue weighted by atomic mass is 10.0. The van der Waals surface area contributed by atoms with Crippen molar-refractivity contribution in [2.75, 3.05) is 9.80 Å². The summed E-state index contributed by atoms with van der Waals surface area (Å²) in [6.07, 6.45) is 0. The van der Waals surface area contributed by atoms with Crippen LogP contribution in [0.5, 0.6) is 0 Å². The van der Waals surface area contributed by atoms with Crippen molar-refractivity contribution in [2.24, 2.45) is 0 Å². The molecule has 9 aromatic carbocycles. The topological polar surface area (TPSA) is 37.2 Å². The van der Waals surface area contributed by atoms with Crippen molar-refractivity contribution < 1.29 is 0 Å². The summed E-state index contributed by atoms with van der Waals surface area (Å²) >= 11 is 0. The number of benzene rings is 9. The summed E-state index contributed by atoms with van der Waals surface area (Å²) in [6, 6.07) is 84.0. The molecule has 0 radical (unpaired) electrons. The van der Waals surface area contributed by atoms with Crippen LogP contribution < -0.4 is 9.80 Å². The average molecular weight is 836 g/mol. The number of aryl methyl sites for hydroxylation is 2. The third-order valence-corrected chi connectivity index (χ3v) is 12.0. The molecule has 0 N–H and O–H groups in total. The minimum atomic E-state index is 0.709. The third kappa shape index (κ3) is 7.70. The Balaban J connectivity index is 1.09. The van der Waals surface area contributed by atoms with Crippen LogP contribution in [0.2, 0.25) is 0 Å². The first-order chi connectivity index (χ1) is 32.0. The molecule has 0 aliphatic carbocycles. The number of aromatic nitrogens is 3. The molecule has 0 saturated carbocycles. The maximum absolute atomic E-state index is 5.18. The van der Waals surface area contributed by atoms with Crippen LogP contribution >= 0.6 is 0 Å². The number of rotatable bonds is 10. The molecule has 0 unspecified atom stereocenters. The van der Waals surface area contributed by atoms with Crippen molar-refractivity contribution in [2.45, 2.75) is 13.8 Å². The van der Waals surface area contributed by atoms with Gasteiger partial charge in [-0.1, -0.05) is 132 Å². The van der Waals surface area contributed by atoms with Crippen molar-refractivity contribution in [1.29, 1.82) is 0 Å². The van der Waals surface area contributed by atoms with Gasteiger partial charge in [0.25, 0.3) is 0 Å². The molecule has 5 nitrogen and oxygen atoms in total. The van der Waals surface area contributed by atoms with Gasteiger partial charge in [0.2, 0.25) is 0 Å².